The summed E-state index contributed by atoms with van der Waals surface area (Å²) in [5.41, 5.74) is 0. The third-order valence-electron chi connectivity index (χ3n) is 6.90. The molecule has 0 rings (SSSR count). The molecule has 0 unspecified atom stereocenters. The normalized spacial score (nSPS) is 14.4. The van der Waals surface area contributed by atoms with Crippen LogP contribution in [0.15, 0.2) is 0 Å². The van der Waals surface area contributed by atoms with Crippen molar-refractivity contribution in [1.29, 1.82) is 0 Å². The topological polar surface area (TPSA) is 57.2 Å². The van der Waals surface area contributed by atoms with E-state index in [-0.39, 0.29) is 0 Å². The average molecular weight is 712 g/mol. The van der Waals surface area contributed by atoms with Crippen molar-refractivity contribution in [2.24, 2.45) is 0 Å². The van der Waals surface area contributed by atoms with Gasteiger partial charge in [0.15, 0.2) is 10.1 Å². The summed E-state index contributed by atoms with van der Waals surface area (Å²) in [5.74, 6) is -32.6. The zero-order valence-electron chi connectivity index (χ0n) is 26.0. The Kier molecular flexibility index (Phi) is 18.9. The Balaban J connectivity index is 0. The lowest BCUT2D eigenvalue weighted by molar-refractivity contribution is -0.870. The number of hydrogen-bond donors (Lipinski definition) is 0. The van der Waals surface area contributed by atoms with Crippen LogP contribution in [0.1, 0.15) is 110 Å². The predicted octanol–water partition coefficient (Wildman–Crippen LogP) is 10.2. The highest BCUT2D eigenvalue weighted by molar-refractivity contribution is 7.86. The maximum absolute atomic E-state index is 12.7. The van der Waals surface area contributed by atoms with Crippen LogP contribution in [0.3, 0.4) is 0 Å². The molecule has 0 aromatic rings. The second-order valence-corrected chi connectivity index (χ2v) is 13.5. The van der Waals surface area contributed by atoms with E-state index in [9.17, 15) is 70.0 Å². The van der Waals surface area contributed by atoms with Crippen LogP contribution in [0.4, 0.5) is 57.1 Å². The number of hydrogen-bond acceptors (Lipinski definition) is 3. The SMILES string of the molecule is CCCCCCCCCCCCCCCCCC[N+](C)(C)C.O=S(=O)([O-])C(F)(F)C(F)(F)C(F)(F)C(F)(F)C(F)(F)C(F)(F)F. The molecular weight excluding hydrogens is 665 g/mol. The molecule has 18 heteroatoms. The molecule has 45 heavy (non-hydrogen) atoms. The lowest BCUT2D eigenvalue weighted by Crippen LogP contribution is -2.71. The summed E-state index contributed by atoms with van der Waals surface area (Å²) in [7, 11) is -0.967. The summed E-state index contributed by atoms with van der Waals surface area (Å²) in [6, 6.07) is 0. The van der Waals surface area contributed by atoms with Crippen molar-refractivity contribution in [3.63, 3.8) is 0 Å². The fraction of sp³-hybridized carbons (Fsp3) is 1.00. The zero-order chi connectivity index (χ0) is 36.0. The van der Waals surface area contributed by atoms with Gasteiger partial charge in [0, 0.05) is 0 Å². The summed E-state index contributed by atoms with van der Waals surface area (Å²) in [6.45, 7) is 3.63. The van der Waals surface area contributed by atoms with E-state index in [0.717, 1.165) is 4.48 Å². The van der Waals surface area contributed by atoms with Crippen LogP contribution in [0.2, 0.25) is 0 Å². The van der Waals surface area contributed by atoms with Crippen LogP contribution >= 0.6 is 0 Å². The van der Waals surface area contributed by atoms with Gasteiger partial charge in [0.1, 0.15) is 0 Å². The van der Waals surface area contributed by atoms with Crippen molar-refractivity contribution in [3.05, 3.63) is 0 Å². The van der Waals surface area contributed by atoms with Crippen molar-refractivity contribution in [2.75, 3.05) is 27.7 Å². The van der Waals surface area contributed by atoms with Gasteiger partial charge in [-0.1, -0.05) is 96.8 Å². The molecule has 0 saturated heterocycles. The largest absolute Gasteiger partial charge is 0.743 e. The third kappa shape index (κ3) is 13.9. The van der Waals surface area contributed by atoms with E-state index in [2.05, 4.69) is 28.1 Å². The molecule has 4 nitrogen and oxygen atoms in total. The molecule has 0 spiro atoms. The number of quaternary nitrogens is 1. The van der Waals surface area contributed by atoms with E-state index in [1.165, 1.54) is 109 Å². The lowest BCUT2D eigenvalue weighted by atomic mass is 9.98. The summed E-state index contributed by atoms with van der Waals surface area (Å²) in [4.78, 5) is 0. The van der Waals surface area contributed by atoms with Gasteiger partial charge in [0.25, 0.3) is 0 Å². The van der Waals surface area contributed by atoms with Gasteiger partial charge in [-0.25, -0.2) is 8.42 Å². The standard InChI is InChI=1S/C21H46N.C6HF13O3S/c1-5-6-7-8-9-10-11-12-13-14-15-16-17-18-19-20-21-22(2,3)4;7-1(8,3(11,12)5(15,16)17)2(9,10)4(13,14)6(18,19)23(20,21)22/h5-21H2,1-4H3;(H,20,21,22)/q+1;/p-1. The van der Waals surface area contributed by atoms with Gasteiger partial charge in [-0.15, -0.1) is 0 Å². The monoisotopic (exact) mass is 711 g/mol. The van der Waals surface area contributed by atoms with Crippen molar-refractivity contribution in [2.45, 2.75) is 145 Å². The number of halogens is 13. The van der Waals surface area contributed by atoms with Crippen molar-refractivity contribution in [3.8, 4) is 0 Å². The van der Waals surface area contributed by atoms with Crippen molar-refractivity contribution < 1.29 is 74.5 Å². The Morgan fingerprint density at radius 3 is 0.978 bits per heavy atom. The minimum atomic E-state index is -8.29. The van der Waals surface area contributed by atoms with Crippen LogP contribution in [0, 0.1) is 0 Å². The summed E-state index contributed by atoms with van der Waals surface area (Å²) < 4.78 is 190. The van der Waals surface area contributed by atoms with Crippen molar-refractivity contribution >= 4 is 10.1 Å². The molecule has 0 N–H and O–H groups in total. The summed E-state index contributed by atoms with van der Waals surface area (Å²) >= 11 is 0. The number of alkyl halides is 13. The Morgan fingerprint density at radius 1 is 0.467 bits per heavy atom. The third-order valence-corrected chi connectivity index (χ3v) is 7.79. The summed E-state index contributed by atoms with van der Waals surface area (Å²) in [6.07, 6.45) is 15.7. The van der Waals surface area contributed by atoms with Gasteiger partial charge in [-0.2, -0.15) is 57.1 Å². The van der Waals surface area contributed by atoms with Gasteiger partial charge < -0.3 is 9.04 Å². The van der Waals surface area contributed by atoms with Gasteiger partial charge in [0.2, 0.25) is 0 Å². The van der Waals surface area contributed by atoms with Crippen LogP contribution in [0.5, 0.6) is 0 Å². The highest BCUT2D eigenvalue weighted by atomic mass is 32.2. The molecule has 0 radical (unpaired) electrons. The van der Waals surface area contributed by atoms with Crippen LogP contribution in [-0.4, -0.2) is 80.3 Å². The fourth-order valence-corrected chi connectivity index (χ4v) is 4.49. The minimum absolute atomic E-state index is 1.12. The van der Waals surface area contributed by atoms with Gasteiger partial charge in [-0.05, 0) is 12.8 Å². The first-order valence-electron chi connectivity index (χ1n) is 14.8. The van der Waals surface area contributed by atoms with Gasteiger partial charge in [0.05, 0.1) is 27.7 Å². The first kappa shape index (κ1) is 46.1. The maximum Gasteiger partial charge on any atom is 0.460 e. The smallest absolute Gasteiger partial charge is 0.460 e. The first-order valence-corrected chi connectivity index (χ1v) is 16.2. The first-order chi connectivity index (χ1) is 20.1. The van der Waals surface area contributed by atoms with Crippen LogP contribution in [-0.2, 0) is 10.1 Å². The molecule has 0 heterocycles. The molecule has 0 saturated carbocycles. The molecule has 0 aromatic carbocycles. The minimum Gasteiger partial charge on any atom is -0.743 e. The Labute approximate surface area is 257 Å². The average Bonchev–Trinajstić information content (AvgIpc) is 2.86. The Bertz CT molecular complexity index is 920. The van der Waals surface area contributed by atoms with Crippen LogP contribution < -0.4 is 0 Å². The number of nitrogens with zero attached hydrogens (tertiary/aromatic N) is 1. The molecule has 0 aliphatic rings. The number of rotatable bonds is 22. The molecule has 0 aliphatic heterocycles. The lowest BCUT2D eigenvalue weighted by Gasteiger charge is -2.39. The Hall–Kier alpha value is -1.04. The van der Waals surface area contributed by atoms with Gasteiger partial charge in [-0.3, -0.25) is 0 Å². The van der Waals surface area contributed by atoms with Gasteiger partial charge >= 0.3 is 35.1 Å². The second kappa shape index (κ2) is 18.5. The van der Waals surface area contributed by atoms with E-state index in [0.29, 0.717) is 0 Å². The summed E-state index contributed by atoms with van der Waals surface area (Å²) in [5, 5.41) is -7.63. The molecule has 0 bridgehead atoms. The molecule has 0 aromatic heterocycles. The Morgan fingerprint density at radius 2 is 0.733 bits per heavy atom. The zero-order valence-corrected chi connectivity index (χ0v) is 26.8. The molecule has 0 aliphatic carbocycles. The quantitative estimate of drug-likeness (QED) is 0.0486. The van der Waals surface area contributed by atoms with Crippen molar-refractivity contribution in [1.82, 2.24) is 0 Å². The van der Waals surface area contributed by atoms with E-state index >= 15 is 0 Å². The molecule has 0 amide bonds. The molecule has 274 valence electrons. The van der Waals surface area contributed by atoms with E-state index in [1.54, 1.807) is 0 Å². The van der Waals surface area contributed by atoms with E-state index < -0.39 is 45.2 Å². The van der Waals surface area contributed by atoms with E-state index in [1.807, 2.05) is 0 Å². The molecule has 0 fully saturated rings. The van der Waals surface area contributed by atoms with Crippen LogP contribution in [0.25, 0.3) is 0 Å². The second-order valence-electron chi connectivity index (χ2n) is 12.1. The highest BCUT2D eigenvalue weighted by Crippen LogP contribution is 2.60. The molecular formula is C27H46F13NO3S. The molecule has 0 atom stereocenters. The number of unbranched alkanes of at least 4 members (excludes halogenated alkanes) is 15. The fourth-order valence-electron chi connectivity index (χ4n) is 4.05. The van der Waals surface area contributed by atoms with E-state index in [4.69, 9.17) is 0 Å². The maximum atomic E-state index is 12.7. The predicted molar refractivity (Wildman–Crippen MR) is 143 cm³/mol. The highest BCUT2D eigenvalue weighted by Gasteiger charge is 2.91.